The van der Waals surface area contributed by atoms with E-state index in [4.69, 9.17) is 10.8 Å². The zero-order chi connectivity index (χ0) is 14.8. The van der Waals surface area contributed by atoms with E-state index in [1.807, 2.05) is 0 Å². The van der Waals surface area contributed by atoms with Gasteiger partial charge in [0.2, 0.25) is 0 Å². The van der Waals surface area contributed by atoms with Gasteiger partial charge in [-0.25, -0.2) is 0 Å². The number of nitrogens with two attached hydrogens (primary N) is 1. The van der Waals surface area contributed by atoms with E-state index in [9.17, 15) is 13.2 Å². The summed E-state index contributed by atoms with van der Waals surface area (Å²) in [6.45, 7) is 1.64. The lowest BCUT2D eigenvalue weighted by molar-refractivity contribution is -0.137. The van der Waals surface area contributed by atoms with Crippen LogP contribution in [0.25, 0.3) is 0 Å². The van der Waals surface area contributed by atoms with Crippen molar-refractivity contribution in [3.63, 3.8) is 0 Å². The molecule has 0 aliphatic heterocycles. The first-order chi connectivity index (χ1) is 8.68. The summed E-state index contributed by atoms with van der Waals surface area (Å²) >= 11 is 4.67. The number of aliphatic hydroxyl groups is 1. The molecule has 0 heterocycles. The molecule has 1 aromatic carbocycles. The first kappa shape index (κ1) is 15.7. The Balaban J connectivity index is 3.28. The number of alkyl halides is 3. The molecule has 0 saturated carbocycles. The molecule has 0 aliphatic carbocycles. The molecule has 0 bridgehead atoms. The second kappa shape index (κ2) is 5.75. The Morgan fingerprint density at radius 3 is 2.47 bits per heavy atom. The molecule has 7 heteroatoms. The zero-order valence-electron chi connectivity index (χ0n) is 10.5. The normalized spacial score (nSPS) is 13.2. The fourth-order valence-corrected chi connectivity index (χ4v) is 1.75. The van der Waals surface area contributed by atoms with Crippen molar-refractivity contribution in [2.45, 2.75) is 19.1 Å². The number of hydrogen-bond acceptors (Lipinski definition) is 3. The van der Waals surface area contributed by atoms with E-state index in [-0.39, 0.29) is 23.2 Å². The summed E-state index contributed by atoms with van der Waals surface area (Å²) < 4.78 is 38.4. The van der Waals surface area contributed by atoms with Gasteiger partial charge in [0, 0.05) is 24.3 Å². The van der Waals surface area contributed by atoms with Crippen molar-refractivity contribution >= 4 is 22.9 Å². The van der Waals surface area contributed by atoms with Gasteiger partial charge < -0.3 is 15.7 Å². The van der Waals surface area contributed by atoms with Crippen LogP contribution in [-0.2, 0) is 6.18 Å². The first-order valence-electron chi connectivity index (χ1n) is 5.53. The summed E-state index contributed by atoms with van der Waals surface area (Å²) in [6, 6.07) is 3.34. The number of rotatable bonds is 4. The number of nitrogens with zero attached hydrogens (tertiary/aromatic N) is 1. The van der Waals surface area contributed by atoms with E-state index < -0.39 is 11.7 Å². The molecule has 0 aromatic heterocycles. The molecular weight excluding hydrogens is 277 g/mol. The minimum Gasteiger partial charge on any atom is -0.394 e. The van der Waals surface area contributed by atoms with Crippen LogP contribution in [-0.4, -0.2) is 29.8 Å². The highest BCUT2D eigenvalue weighted by molar-refractivity contribution is 7.80. The second-order valence-corrected chi connectivity index (χ2v) is 4.67. The van der Waals surface area contributed by atoms with Gasteiger partial charge in [0.15, 0.2) is 0 Å². The maximum absolute atomic E-state index is 12.8. The molecule has 0 amide bonds. The van der Waals surface area contributed by atoms with Crippen LogP contribution < -0.4 is 10.6 Å². The molecule has 0 saturated heterocycles. The number of aliphatic hydroxyl groups excluding tert-OH is 1. The highest BCUT2D eigenvalue weighted by Gasteiger charge is 2.34. The van der Waals surface area contributed by atoms with Crippen molar-refractivity contribution in [2.75, 3.05) is 18.6 Å². The molecule has 0 aliphatic rings. The highest BCUT2D eigenvalue weighted by Crippen LogP contribution is 2.34. The van der Waals surface area contributed by atoms with Crippen molar-refractivity contribution in [3.8, 4) is 0 Å². The summed E-state index contributed by atoms with van der Waals surface area (Å²) in [5.74, 6) is 0. The van der Waals surface area contributed by atoms with Gasteiger partial charge in [-0.05, 0) is 25.1 Å². The molecule has 19 heavy (non-hydrogen) atoms. The van der Waals surface area contributed by atoms with E-state index in [0.717, 1.165) is 6.07 Å². The molecule has 1 unspecified atom stereocenters. The lowest BCUT2D eigenvalue weighted by Gasteiger charge is -2.26. The summed E-state index contributed by atoms with van der Waals surface area (Å²) in [7, 11) is 1.67. The van der Waals surface area contributed by atoms with Crippen LogP contribution in [0, 0.1) is 0 Å². The molecule has 0 fully saturated rings. The molecule has 1 rings (SSSR count). The number of thiocarbonyl (C=S) groups is 1. The first-order valence-corrected chi connectivity index (χ1v) is 5.94. The van der Waals surface area contributed by atoms with Crippen LogP contribution in [0.3, 0.4) is 0 Å². The quantitative estimate of drug-likeness (QED) is 0.835. The number of anilines is 1. The number of halogens is 3. The highest BCUT2D eigenvalue weighted by atomic mass is 32.1. The molecule has 1 aromatic rings. The third kappa shape index (κ3) is 3.57. The van der Waals surface area contributed by atoms with Crippen molar-refractivity contribution in [3.05, 3.63) is 29.3 Å². The third-order valence-corrected chi connectivity index (χ3v) is 3.13. The molecule has 0 spiro atoms. The third-order valence-electron chi connectivity index (χ3n) is 2.91. The SMILES string of the molecule is CC(CO)N(C)c1ccc(C(F)(F)F)c(C(N)=S)c1. The average molecular weight is 292 g/mol. The van der Waals surface area contributed by atoms with Crippen LogP contribution in [0.5, 0.6) is 0 Å². The average Bonchev–Trinajstić information content (AvgIpc) is 2.35. The van der Waals surface area contributed by atoms with Gasteiger partial charge in [-0.1, -0.05) is 12.2 Å². The van der Waals surface area contributed by atoms with E-state index in [1.54, 1.807) is 18.9 Å². The topological polar surface area (TPSA) is 49.5 Å². The summed E-state index contributed by atoms with van der Waals surface area (Å²) in [5.41, 5.74) is 4.80. The Morgan fingerprint density at radius 1 is 1.47 bits per heavy atom. The van der Waals surface area contributed by atoms with Crippen LogP contribution in [0.4, 0.5) is 18.9 Å². The molecule has 3 N–H and O–H groups in total. The van der Waals surface area contributed by atoms with Crippen LogP contribution in [0.15, 0.2) is 18.2 Å². The van der Waals surface area contributed by atoms with Gasteiger partial charge in [0.1, 0.15) is 4.99 Å². The van der Waals surface area contributed by atoms with Crippen molar-refractivity contribution in [1.29, 1.82) is 0 Å². The van der Waals surface area contributed by atoms with Crippen molar-refractivity contribution in [2.24, 2.45) is 5.73 Å². The van der Waals surface area contributed by atoms with E-state index in [1.165, 1.54) is 12.1 Å². The maximum Gasteiger partial charge on any atom is 0.417 e. The van der Waals surface area contributed by atoms with Gasteiger partial charge in [0.25, 0.3) is 0 Å². The van der Waals surface area contributed by atoms with Crippen molar-refractivity contribution < 1.29 is 18.3 Å². The summed E-state index contributed by atoms with van der Waals surface area (Å²) in [4.78, 5) is 1.35. The predicted molar refractivity (Wildman–Crippen MR) is 72.3 cm³/mol. The molecule has 3 nitrogen and oxygen atoms in total. The largest absolute Gasteiger partial charge is 0.417 e. The molecular formula is C12H15F3N2OS. The van der Waals surface area contributed by atoms with Gasteiger partial charge in [-0.15, -0.1) is 0 Å². The predicted octanol–water partition coefficient (Wildman–Crippen LogP) is 2.16. The standard InChI is InChI=1S/C12H15F3N2OS/c1-7(6-18)17(2)8-3-4-10(12(13,14)15)9(5-8)11(16)19/h3-5,7,18H,6H2,1-2H3,(H2,16,19). The number of benzene rings is 1. The van der Waals surface area contributed by atoms with Gasteiger partial charge in [-0.2, -0.15) is 13.2 Å². The van der Waals surface area contributed by atoms with E-state index in [2.05, 4.69) is 12.2 Å². The fraction of sp³-hybridized carbons (Fsp3) is 0.417. The Kier molecular flexibility index (Phi) is 4.75. The van der Waals surface area contributed by atoms with Gasteiger partial charge in [0.05, 0.1) is 12.2 Å². The lowest BCUT2D eigenvalue weighted by atomic mass is 10.1. The van der Waals surface area contributed by atoms with Crippen molar-refractivity contribution in [1.82, 2.24) is 0 Å². The minimum absolute atomic E-state index is 0.111. The van der Waals surface area contributed by atoms with Crippen LogP contribution in [0.2, 0.25) is 0 Å². The van der Waals surface area contributed by atoms with Gasteiger partial charge >= 0.3 is 6.18 Å². The van der Waals surface area contributed by atoms with E-state index in [0.29, 0.717) is 5.69 Å². The number of hydrogen-bond donors (Lipinski definition) is 2. The Morgan fingerprint density at radius 2 is 2.05 bits per heavy atom. The van der Waals surface area contributed by atoms with Gasteiger partial charge in [-0.3, -0.25) is 0 Å². The van der Waals surface area contributed by atoms with Crippen LogP contribution in [0.1, 0.15) is 18.1 Å². The molecule has 106 valence electrons. The summed E-state index contributed by atoms with van der Waals surface area (Å²) in [6.07, 6.45) is -4.50. The Hall–Kier alpha value is -1.34. The molecule has 0 radical (unpaired) electrons. The maximum atomic E-state index is 12.8. The number of likely N-dealkylation sites (N-methyl/N-ethyl adjacent to an activating group) is 1. The Bertz CT molecular complexity index is 477. The Labute approximate surface area is 114 Å². The summed E-state index contributed by atoms with van der Waals surface area (Å²) in [5, 5.41) is 9.06. The minimum atomic E-state index is -4.50. The lowest BCUT2D eigenvalue weighted by Crippen LogP contribution is -2.32. The second-order valence-electron chi connectivity index (χ2n) is 4.23. The van der Waals surface area contributed by atoms with E-state index >= 15 is 0 Å². The fourth-order valence-electron chi connectivity index (χ4n) is 1.58. The van der Waals surface area contributed by atoms with Crippen LogP contribution >= 0.6 is 12.2 Å². The molecule has 1 atom stereocenters. The zero-order valence-corrected chi connectivity index (χ0v) is 11.3. The smallest absolute Gasteiger partial charge is 0.394 e. The monoisotopic (exact) mass is 292 g/mol.